The smallest absolute Gasteiger partial charge is 0.234 e. The number of methoxy groups -OCH3 is 2. The molecule has 2 saturated carbocycles. The van der Waals surface area contributed by atoms with Crippen molar-refractivity contribution in [2.45, 2.75) is 57.4 Å². The van der Waals surface area contributed by atoms with Crippen LogP contribution in [0.1, 0.15) is 56.9 Å². The number of piperidine rings is 1. The average Bonchev–Trinajstić information content (AvgIpc) is 2.72. The van der Waals surface area contributed by atoms with Gasteiger partial charge in [-0.1, -0.05) is 25.8 Å². The Morgan fingerprint density at radius 1 is 1.07 bits per heavy atom. The molecule has 0 aromatic heterocycles. The van der Waals surface area contributed by atoms with E-state index in [1.54, 1.807) is 14.2 Å². The van der Waals surface area contributed by atoms with Crippen molar-refractivity contribution in [3.05, 3.63) is 23.8 Å². The summed E-state index contributed by atoms with van der Waals surface area (Å²) in [6.45, 7) is 4.92. The molecule has 3 fully saturated rings. The van der Waals surface area contributed by atoms with E-state index >= 15 is 0 Å². The van der Waals surface area contributed by atoms with Crippen LogP contribution in [-0.2, 0) is 4.79 Å². The first-order chi connectivity index (χ1) is 14.1. The fourth-order valence-electron chi connectivity index (χ4n) is 6.04. The van der Waals surface area contributed by atoms with E-state index in [-0.39, 0.29) is 11.9 Å². The summed E-state index contributed by atoms with van der Waals surface area (Å²) < 4.78 is 11.0. The molecule has 0 radical (unpaired) electrons. The van der Waals surface area contributed by atoms with E-state index in [4.69, 9.17) is 9.47 Å². The molecule has 1 amide bonds. The van der Waals surface area contributed by atoms with Gasteiger partial charge in [0.25, 0.3) is 0 Å². The third-order valence-electron chi connectivity index (χ3n) is 7.41. The van der Waals surface area contributed by atoms with Gasteiger partial charge in [-0.25, -0.2) is 0 Å². The van der Waals surface area contributed by atoms with Gasteiger partial charge in [0.15, 0.2) is 11.5 Å². The largest absolute Gasteiger partial charge is 0.493 e. The minimum Gasteiger partial charge on any atom is -0.493 e. The summed E-state index contributed by atoms with van der Waals surface area (Å²) in [7, 11) is 3.35. The van der Waals surface area contributed by atoms with E-state index in [2.05, 4.69) is 29.3 Å². The molecule has 0 bridgehead atoms. The van der Waals surface area contributed by atoms with Crippen LogP contribution in [-0.4, -0.2) is 50.7 Å². The Morgan fingerprint density at radius 2 is 1.83 bits per heavy atom. The van der Waals surface area contributed by atoms with Crippen molar-refractivity contribution >= 4 is 5.91 Å². The van der Waals surface area contributed by atoms with Crippen LogP contribution in [0.25, 0.3) is 0 Å². The zero-order valence-corrected chi connectivity index (χ0v) is 18.2. The Kier molecular flexibility index (Phi) is 6.33. The maximum Gasteiger partial charge on any atom is 0.234 e. The van der Waals surface area contributed by atoms with Crippen molar-refractivity contribution in [2.24, 2.45) is 17.8 Å². The summed E-state index contributed by atoms with van der Waals surface area (Å²) in [4.78, 5) is 15.2. The maximum atomic E-state index is 12.9. The topological polar surface area (TPSA) is 50.8 Å². The predicted octanol–water partition coefficient (Wildman–Crippen LogP) is 3.82. The van der Waals surface area contributed by atoms with Gasteiger partial charge < -0.3 is 14.8 Å². The Labute approximate surface area is 175 Å². The molecule has 160 valence electrons. The number of rotatable bonds is 6. The Bertz CT molecular complexity index is 722. The second-order valence-corrected chi connectivity index (χ2v) is 9.33. The zero-order valence-electron chi connectivity index (χ0n) is 18.2. The van der Waals surface area contributed by atoms with Gasteiger partial charge in [-0.2, -0.15) is 0 Å². The molecular formula is C24H36N2O3. The summed E-state index contributed by atoms with van der Waals surface area (Å²) >= 11 is 0. The Balaban J connectivity index is 1.47. The van der Waals surface area contributed by atoms with Gasteiger partial charge >= 0.3 is 0 Å². The van der Waals surface area contributed by atoms with Crippen LogP contribution in [0.15, 0.2) is 18.2 Å². The van der Waals surface area contributed by atoms with Crippen LogP contribution in [0, 0.1) is 17.8 Å². The Hall–Kier alpha value is -1.75. The number of hydrogen-bond acceptors (Lipinski definition) is 4. The van der Waals surface area contributed by atoms with Crippen LogP contribution >= 0.6 is 0 Å². The lowest BCUT2D eigenvalue weighted by Crippen LogP contribution is -2.60. The van der Waals surface area contributed by atoms with Crippen LogP contribution in [0.3, 0.4) is 0 Å². The summed E-state index contributed by atoms with van der Waals surface area (Å²) in [6.07, 6.45) is 7.58. The number of ether oxygens (including phenoxy) is 2. The minimum absolute atomic E-state index is 0.193. The highest BCUT2D eigenvalue weighted by atomic mass is 16.5. The second-order valence-electron chi connectivity index (χ2n) is 9.33. The van der Waals surface area contributed by atoms with Crippen LogP contribution in [0.4, 0.5) is 0 Å². The standard InChI is InChI=1S/C24H36N2O3/c1-16-7-6-12-26(14-16)15-22(27)25-24-19-9-5-4-8-18(19)23(24)17-10-11-20(28-2)21(13-17)29-3/h10-11,13,16,18-19,23-24H,4-9,12,14-15H2,1-3H3,(H,25,27)/t16?,18?,19?,23-,24-/m0/s1. The summed E-state index contributed by atoms with van der Waals surface area (Å²) in [5.41, 5.74) is 1.27. The quantitative estimate of drug-likeness (QED) is 0.789. The molecule has 4 rings (SSSR count). The number of likely N-dealkylation sites (tertiary alicyclic amines) is 1. The van der Waals surface area contributed by atoms with Crippen LogP contribution in [0.5, 0.6) is 11.5 Å². The molecule has 1 aromatic rings. The normalized spacial score (nSPS) is 32.0. The third kappa shape index (κ3) is 4.25. The summed E-state index contributed by atoms with van der Waals surface area (Å²) in [5.74, 6) is 4.09. The van der Waals surface area contributed by atoms with Gasteiger partial charge in [0.05, 0.1) is 20.8 Å². The van der Waals surface area contributed by atoms with Crippen molar-refractivity contribution in [1.29, 1.82) is 0 Å². The van der Waals surface area contributed by atoms with Crippen molar-refractivity contribution in [3.8, 4) is 11.5 Å². The molecule has 2 aliphatic carbocycles. The molecule has 0 spiro atoms. The number of nitrogens with zero attached hydrogens (tertiary/aromatic N) is 1. The van der Waals surface area contributed by atoms with Crippen molar-refractivity contribution in [1.82, 2.24) is 10.2 Å². The van der Waals surface area contributed by atoms with E-state index in [0.29, 0.717) is 30.2 Å². The second kappa shape index (κ2) is 8.95. The van der Waals surface area contributed by atoms with E-state index in [1.165, 1.54) is 44.1 Å². The highest BCUT2D eigenvalue weighted by Crippen LogP contribution is 2.55. The lowest BCUT2D eigenvalue weighted by atomic mass is 9.53. The van der Waals surface area contributed by atoms with E-state index in [0.717, 1.165) is 24.6 Å². The van der Waals surface area contributed by atoms with E-state index in [9.17, 15) is 4.79 Å². The lowest BCUT2D eigenvalue weighted by molar-refractivity contribution is -0.126. The molecule has 1 N–H and O–H groups in total. The average molecular weight is 401 g/mol. The first kappa shape index (κ1) is 20.5. The monoisotopic (exact) mass is 400 g/mol. The van der Waals surface area contributed by atoms with Gasteiger partial charge in [-0.15, -0.1) is 0 Å². The molecule has 5 heteroatoms. The number of hydrogen-bond donors (Lipinski definition) is 1. The Morgan fingerprint density at radius 3 is 2.55 bits per heavy atom. The minimum atomic E-state index is 0.193. The summed E-state index contributed by atoms with van der Waals surface area (Å²) in [5, 5.41) is 3.44. The first-order valence-corrected chi connectivity index (χ1v) is 11.3. The zero-order chi connectivity index (χ0) is 20.4. The number of benzene rings is 1. The number of nitrogens with one attached hydrogen (secondary N) is 1. The number of carbonyl (C=O) groups excluding carboxylic acids is 1. The van der Waals surface area contributed by atoms with Gasteiger partial charge in [0.2, 0.25) is 5.91 Å². The van der Waals surface area contributed by atoms with E-state index < -0.39 is 0 Å². The van der Waals surface area contributed by atoms with Gasteiger partial charge in [0, 0.05) is 18.5 Å². The fraction of sp³-hybridized carbons (Fsp3) is 0.708. The number of amides is 1. The van der Waals surface area contributed by atoms with Gasteiger partial charge in [0.1, 0.15) is 0 Å². The third-order valence-corrected chi connectivity index (χ3v) is 7.41. The van der Waals surface area contributed by atoms with Gasteiger partial charge in [-0.3, -0.25) is 9.69 Å². The molecule has 1 aromatic carbocycles. The molecule has 29 heavy (non-hydrogen) atoms. The molecule has 1 saturated heterocycles. The molecule has 1 heterocycles. The molecule has 5 nitrogen and oxygen atoms in total. The SMILES string of the molecule is COc1ccc([C@H]2C3CCCCC3[C@@H]2NC(=O)CN2CCCC(C)C2)cc1OC. The molecule has 5 atom stereocenters. The fourth-order valence-corrected chi connectivity index (χ4v) is 6.04. The van der Waals surface area contributed by atoms with Crippen molar-refractivity contribution < 1.29 is 14.3 Å². The molecular weight excluding hydrogens is 364 g/mol. The first-order valence-electron chi connectivity index (χ1n) is 11.3. The molecule has 3 unspecified atom stereocenters. The van der Waals surface area contributed by atoms with Crippen molar-refractivity contribution in [2.75, 3.05) is 33.9 Å². The maximum absolute atomic E-state index is 12.9. The van der Waals surface area contributed by atoms with E-state index in [1.807, 2.05) is 6.07 Å². The molecule has 1 aliphatic heterocycles. The number of carbonyl (C=O) groups is 1. The number of fused-ring (bicyclic) bond motifs is 1. The van der Waals surface area contributed by atoms with Crippen LogP contribution in [0.2, 0.25) is 0 Å². The predicted molar refractivity (Wildman–Crippen MR) is 115 cm³/mol. The highest BCUT2D eigenvalue weighted by molar-refractivity contribution is 5.78. The van der Waals surface area contributed by atoms with Crippen LogP contribution < -0.4 is 14.8 Å². The molecule has 3 aliphatic rings. The lowest BCUT2D eigenvalue weighted by Gasteiger charge is -2.55. The van der Waals surface area contributed by atoms with Crippen molar-refractivity contribution in [3.63, 3.8) is 0 Å². The van der Waals surface area contributed by atoms with Gasteiger partial charge in [-0.05, 0) is 67.7 Å². The summed E-state index contributed by atoms with van der Waals surface area (Å²) in [6, 6.07) is 6.51. The highest BCUT2D eigenvalue weighted by Gasteiger charge is 2.52.